The van der Waals surface area contributed by atoms with E-state index in [-0.39, 0.29) is 17.1 Å². The zero-order valence-corrected chi connectivity index (χ0v) is 11.3. The molecule has 0 aliphatic heterocycles. The van der Waals surface area contributed by atoms with Gasteiger partial charge >= 0.3 is 0 Å². The van der Waals surface area contributed by atoms with E-state index >= 15 is 0 Å². The lowest BCUT2D eigenvalue weighted by atomic mass is 10.4. The molecule has 0 spiro atoms. The average molecular weight is 275 g/mol. The molecule has 1 unspecified atom stereocenters. The maximum absolute atomic E-state index is 12.1. The van der Waals surface area contributed by atoms with Crippen molar-refractivity contribution in [3.05, 3.63) is 18.0 Å². The maximum atomic E-state index is 12.1. The summed E-state index contributed by atoms with van der Waals surface area (Å²) in [6.45, 7) is 1.47. The molecular weight excluding hydrogens is 258 g/mol. The second-order valence-electron chi connectivity index (χ2n) is 4.17. The largest absolute Gasteiger partial charge is 0.392 e. The number of aromatic nitrogens is 1. The van der Waals surface area contributed by atoms with Crippen molar-refractivity contribution in [2.75, 3.05) is 13.6 Å². The number of carbonyl (C=O) groups excluding carboxylic acids is 1. The normalized spacial score (nSPS) is 13.8. The maximum Gasteiger partial charge on any atom is 0.265 e. The van der Waals surface area contributed by atoms with E-state index in [1.54, 1.807) is 0 Å². The molecule has 0 aliphatic rings. The van der Waals surface area contributed by atoms with Gasteiger partial charge in [-0.2, -0.15) is 4.31 Å². The predicted octanol–water partition coefficient (Wildman–Crippen LogP) is -0.875. The molecule has 18 heavy (non-hydrogen) atoms. The number of rotatable bonds is 5. The number of hydrogen-bond donors (Lipinski definition) is 2. The van der Waals surface area contributed by atoms with E-state index in [0.717, 1.165) is 4.31 Å². The topological polar surface area (TPSA) is 106 Å². The van der Waals surface area contributed by atoms with Crippen LogP contribution in [0.2, 0.25) is 0 Å². The van der Waals surface area contributed by atoms with Crippen LogP contribution in [0.4, 0.5) is 0 Å². The van der Waals surface area contributed by atoms with Crippen LogP contribution in [-0.2, 0) is 17.1 Å². The molecule has 0 fully saturated rings. The van der Waals surface area contributed by atoms with Gasteiger partial charge in [-0.15, -0.1) is 0 Å². The van der Waals surface area contributed by atoms with E-state index in [2.05, 4.69) is 0 Å². The van der Waals surface area contributed by atoms with E-state index in [9.17, 15) is 18.3 Å². The molecule has 0 aliphatic carbocycles. The zero-order valence-electron chi connectivity index (χ0n) is 10.5. The number of carbonyl (C=O) groups is 1. The third-order valence-electron chi connectivity index (χ3n) is 2.46. The average Bonchev–Trinajstić information content (AvgIpc) is 2.59. The summed E-state index contributed by atoms with van der Waals surface area (Å²) in [4.78, 5) is 11.0. The van der Waals surface area contributed by atoms with E-state index < -0.39 is 22.0 Å². The summed E-state index contributed by atoms with van der Waals surface area (Å²) >= 11 is 0. The number of sulfonamides is 1. The number of aliphatic hydroxyl groups is 1. The first kappa shape index (κ1) is 14.7. The molecule has 102 valence electrons. The van der Waals surface area contributed by atoms with Gasteiger partial charge in [-0.1, -0.05) is 0 Å². The van der Waals surface area contributed by atoms with Crippen LogP contribution in [0.15, 0.2) is 17.2 Å². The molecule has 3 N–H and O–H groups in total. The number of hydrogen-bond acceptors (Lipinski definition) is 4. The van der Waals surface area contributed by atoms with Gasteiger partial charge in [-0.3, -0.25) is 4.79 Å². The molecule has 0 bridgehead atoms. The van der Waals surface area contributed by atoms with Crippen molar-refractivity contribution < 1.29 is 18.3 Å². The van der Waals surface area contributed by atoms with Crippen molar-refractivity contribution >= 4 is 15.9 Å². The number of primary amides is 1. The standard InChI is InChI=1S/C10H17N3O4S/c1-7(14)5-13(3)18(16,17)8-4-9(10(11)15)12(2)6-8/h4,6-7,14H,5H2,1-3H3,(H2,11,15). The minimum atomic E-state index is -3.72. The minimum Gasteiger partial charge on any atom is -0.392 e. The summed E-state index contributed by atoms with van der Waals surface area (Å²) in [5.74, 6) is -0.697. The molecular formula is C10H17N3O4S. The molecule has 1 atom stereocenters. The second-order valence-corrected chi connectivity index (χ2v) is 6.22. The molecule has 0 radical (unpaired) electrons. The fraction of sp³-hybridized carbons (Fsp3) is 0.500. The van der Waals surface area contributed by atoms with Gasteiger partial charge < -0.3 is 15.4 Å². The third-order valence-corrected chi connectivity index (χ3v) is 4.25. The van der Waals surface area contributed by atoms with Gasteiger partial charge in [-0.05, 0) is 13.0 Å². The fourth-order valence-electron chi connectivity index (χ4n) is 1.57. The first-order valence-corrected chi connectivity index (χ1v) is 6.71. The summed E-state index contributed by atoms with van der Waals surface area (Å²) in [5.41, 5.74) is 5.23. The van der Waals surface area contributed by atoms with Gasteiger partial charge in [0, 0.05) is 26.8 Å². The van der Waals surface area contributed by atoms with E-state index in [0.29, 0.717) is 0 Å². The number of likely N-dealkylation sites (N-methyl/N-ethyl adjacent to an activating group) is 1. The van der Waals surface area contributed by atoms with Crippen molar-refractivity contribution in [1.29, 1.82) is 0 Å². The number of nitrogens with two attached hydrogens (primary N) is 1. The summed E-state index contributed by atoms with van der Waals surface area (Å²) in [7, 11) is -0.829. The molecule has 8 heteroatoms. The Morgan fingerprint density at radius 3 is 2.56 bits per heavy atom. The monoisotopic (exact) mass is 275 g/mol. The first-order valence-electron chi connectivity index (χ1n) is 5.27. The fourth-order valence-corrected chi connectivity index (χ4v) is 2.89. The van der Waals surface area contributed by atoms with E-state index in [4.69, 9.17) is 5.73 Å². The zero-order chi connectivity index (χ0) is 14.1. The Kier molecular flexibility index (Phi) is 4.15. The van der Waals surface area contributed by atoms with Gasteiger partial charge in [0.15, 0.2) is 0 Å². The molecule has 0 saturated heterocycles. The number of aryl methyl sites for hydroxylation is 1. The van der Waals surface area contributed by atoms with Crippen molar-refractivity contribution in [1.82, 2.24) is 8.87 Å². The summed E-state index contributed by atoms with van der Waals surface area (Å²) in [6, 6.07) is 1.22. The molecule has 1 aromatic rings. The van der Waals surface area contributed by atoms with Crippen LogP contribution in [0.5, 0.6) is 0 Å². The van der Waals surface area contributed by atoms with Gasteiger partial charge in [0.05, 0.1) is 6.10 Å². The Morgan fingerprint density at radius 1 is 1.61 bits per heavy atom. The van der Waals surface area contributed by atoms with Gasteiger partial charge in [-0.25, -0.2) is 8.42 Å². The highest BCUT2D eigenvalue weighted by Gasteiger charge is 2.24. The predicted molar refractivity (Wildman–Crippen MR) is 65.4 cm³/mol. The molecule has 1 rings (SSSR count). The Hall–Kier alpha value is -1.38. The highest BCUT2D eigenvalue weighted by molar-refractivity contribution is 7.89. The minimum absolute atomic E-state index is 0.0247. The lowest BCUT2D eigenvalue weighted by Crippen LogP contribution is -2.32. The van der Waals surface area contributed by atoms with Crippen molar-refractivity contribution in [2.24, 2.45) is 12.8 Å². The van der Waals surface area contributed by atoms with Gasteiger partial charge in [0.1, 0.15) is 10.6 Å². The first-order chi connectivity index (χ1) is 8.16. The van der Waals surface area contributed by atoms with Crippen LogP contribution in [0, 0.1) is 0 Å². The Labute approximate surface area is 106 Å². The SMILES string of the molecule is CC(O)CN(C)S(=O)(=O)c1cc(C(N)=O)n(C)c1. The molecule has 1 aromatic heterocycles. The van der Waals surface area contributed by atoms with Crippen LogP contribution in [0.25, 0.3) is 0 Å². The van der Waals surface area contributed by atoms with Gasteiger partial charge in [0.25, 0.3) is 5.91 Å². The Bertz CT molecular complexity index is 547. The van der Waals surface area contributed by atoms with Gasteiger partial charge in [0.2, 0.25) is 10.0 Å². The van der Waals surface area contributed by atoms with E-state index in [1.165, 1.54) is 37.8 Å². The number of aliphatic hydroxyl groups excluding tert-OH is 1. The summed E-state index contributed by atoms with van der Waals surface area (Å²) in [6.07, 6.45) is 0.539. The summed E-state index contributed by atoms with van der Waals surface area (Å²) < 4.78 is 26.6. The Balaban J connectivity index is 3.13. The van der Waals surface area contributed by atoms with Crippen LogP contribution < -0.4 is 5.73 Å². The summed E-state index contributed by atoms with van der Waals surface area (Å²) in [5, 5.41) is 9.20. The van der Waals surface area contributed by atoms with Crippen LogP contribution in [-0.4, -0.2) is 48.0 Å². The quantitative estimate of drug-likeness (QED) is 0.728. The highest BCUT2D eigenvalue weighted by Crippen LogP contribution is 2.17. The van der Waals surface area contributed by atoms with Crippen molar-refractivity contribution in [3.8, 4) is 0 Å². The van der Waals surface area contributed by atoms with Crippen LogP contribution in [0.3, 0.4) is 0 Å². The lowest BCUT2D eigenvalue weighted by Gasteiger charge is -2.17. The third kappa shape index (κ3) is 2.89. The molecule has 0 saturated carbocycles. The molecule has 7 nitrogen and oxygen atoms in total. The van der Waals surface area contributed by atoms with Crippen LogP contribution in [0.1, 0.15) is 17.4 Å². The Morgan fingerprint density at radius 2 is 2.17 bits per heavy atom. The second kappa shape index (κ2) is 5.09. The van der Waals surface area contributed by atoms with Crippen LogP contribution >= 0.6 is 0 Å². The highest BCUT2D eigenvalue weighted by atomic mass is 32.2. The molecule has 1 amide bonds. The molecule has 0 aromatic carbocycles. The van der Waals surface area contributed by atoms with E-state index in [1.807, 2.05) is 0 Å². The van der Waals surface area contributed by atoms with Crippen molar-refractivity contribution in [2.45, 2.75) is 17.9 Å². The number of amides is 1. The van der Waals surface area contributed by atoms with Crippen molar-refractivity contribution in [3.63, 3.8) is 0 Å². The molecule has 1 heterocycles. The lowest BCUT2D eigenvalue weighted by molar-refractivity contribution is 0.0992. The number of nitrogens with zero attached hydrogens (tertiary/aromatic N) is 2. The smallest absolute Gasteiger partial charge is 0.265 e.